The highest BCUT2D eigenvalue weighted by atomic mass is 127. The molecule has 3 aromatic rings. The molecule has 1 heterocycles. The molecule has 0 spiro atoms. The molecule has 6 nitrogen and oxygen atoms in total. The molecule has 4 rings (SSSR count). The topological polar surface area (TPSA) is 63.5 Å². The molecule has 0 atom stereocenters. The minimum absolute atomic E-state index is 0. The molecule has 7 heteroatoms. The highest BCUT2D eigenvalue weighted by Crippen LogP contribution is 2.28. The molecule has 1 fully saturated rings. The second-order valence-corrected chi connectivity index (χ2v) is 8.58. The van der Waals surface area contributed by atoms with Gasteiger partial charge in [-0.2, -0.15) is 0 Å². The van der Waals surface area contributed by atoms with Crippen LogP contribution in [0.3, 0.4) is 0 Å². The van der Waals surface area contributed by atoms with Crippen molar-refractivity contribution in [3.8, 4) is 11.1 Å². The first-order valence-electron chi connectivity index (χ1n) is 12.0. The minimum atomic E-state index is 0. The van der Waals surface area contributed by atoms with Crippen LogP contribution in [0, 0.1) is 5.92 Å². The third-order valence-electron chi connectivity index (χ3n) is 5.77. The van der Waals surface area contributed by atoms with Gasteiger partial charge >= 0.3 is 0 Å². The van der Waals surface area contributed by atoms with Crippen LogP contribution in [0.5, 0.6) is 0 Å². The maximum absolute atomic E-state index is 5.73. The van der Waals surface area contributed by atoms with Crippen molar-refractivity contribution in [1.82, 2.24) is 20.2 Å². The van der Waals surface area contributed by atoms with E-state index in [2.05, 4.69) is 75.6 Å². The molecule has 34 heavy (non-hydrogen) atoms. The zero-order chi connectivity index (χ0) is 22.7. The normalized spacial score (nSPS) is 13.4. The largest absolute Gasteiger partial charge is 0.381 e. The van der Waals surface area contributed by atoms with Crippen LogP contribution in [-0.2, 0) is 17.8 Å². The van der Waals surface area contributed by atoms with E-state index in [1.54, 1.807) is 0 Å². The number of hydrogen-bond donors (Lipinski definition) is 2. The lowest BCUT2D eigenvalue weighted by Crippen LogP contribution is -2.38. The molecule has 2 N–H and O–H groups in total. The fraction of sp³-hybridized carbons (Fsp3) is 0.407. The third-order valence-corrected chi connectivity index (χ3v) is 5.77. The van der Waals surface area contributed by atoms with E-state index in [4.69, 9.17) is 9.73 Å². The molecule has 182 valence electrons. The number of imidazole rings is 1. The lowest BCUT2D eigenvalue weighted by molar-refractivity contribution is 0.123. The van der Waals surface area contributed by atoms with Gasteiger partial charge in [-0.25, -0.2) is 9.98 Å². The quantitative estimate of drug-likeness (QED) is 0.137. The monoisotopic (exact) mass is 573 g/mol. The van der Waals surface area contributed by atoms with Gasteiger partial charge in [0.15, 0.2) is 5.96 Å². The Bertz CT molecular complexity index is 1000. The van der Waals surface area contributed by atoms with E-state index < -0.39 is 0 Å². The smallest absolute Gasteiger partial charge is 0.191 e. The number of aliphatic imine (C=N–C) groups is 1. The number of rotatable bonds is 12. The zero-order valence-corrected chi connectivity index (χ0v) is 22.3. The number of nitrogens with zero attached hydrogens (tertiary/aromatic N) is 3. The molecule has 0 amide bonds. The van der Waals surface area contributed by atoms with Gasteiger partial charge in [-0.3, -0.25) is 0 Å². The maximum Gasteiger partial charge on any atom is 0.191 e. The van der Waals surface area contributed by atoms with E-state index in [-0.39, 0.29) is 24.0 Å². The van der Waals surface area contributed by atoms with E-state index in [1.165, 1.54) is 35.1 Å². The summed E-state index contributed by atoms with van der Waals surface area (Å²) in [6.45, 7) is 6.98. The zero-order valence-electron chi connectivity index (χ0n) is 20.0. The van der Waals surface area contributed by atoms with Gasteiger partial charge in [0.05, 0.1) is 12.9 Å². The Labute approximate surface area is 220 Å². The van der Waals surface area contributed by atoms with E-state index >= 15 is 0 Å². The second kappa shape index (κ2) is 14.1. The van der Waals surface area contributed by atoms with Gasteiger partial charge in [-0.1, -0.05) is 48.5 Å². The van der Waals surface area contributed by atoms with Crippen LogP contribution in [0.15, 0.2) is 72.2 Å². The maximum atomic E-state index is 5.73. The van der Waals surface area contributed by atoms with Crippen LogP contribution in [0.4, 0.5) is 0 Å². The molecule has 0 aliphatic heterocycles. The number of benzene rings is 2. The van der Waals surface area contributed by atoms with Gasteiger partial charge in [-0.05, 0) is 54.4 Å². The SMILES string of the molecule is CCNC(=NCc1ccccc1-c1ccc(Cn2ccnc2)cc1)NCCCOCC1CC1.I. The van der Waals surface area contributed by atoms with E-state index in [0.717, 1.165) is 51.1 Å². The summed E-state index contributed by atoms with van der Waals surface area (Å²) >= 11 is 0. The number of hydrogen-bond acceptors (Lipinski definition) is 3. The summed E-state index contributed by atoms with van der Waals surface area (Å²) in [6.07, 6.45) is 9.31. The molecule has 0 radical (unpaired) electrons. The average molecular weight is 574 g/mol. The van der Waals surface area contributed by atoms with Gasteiger partial charge in [0, 0.05) is 45.2 Å². The average Bonchev–Trinajstić information content (AvgIpc) is 3.53. The summed E-state index contributed by atoms with van der Waals surface area (Å²) in [5.74, 6) is 1.68. The molecule has 1 aliphatic carbocycles. The van der Waals surface area contributed by atoms with Crippen LogP contribution in [-0.4, -0.2) is 41.8 Å². The second-order valence-electron chi connectivity index (χ2n) is 8.58. The fourth-order valence-corrected chi connectivity index (χ4v) is 3.74. The van der Waals surface area contributed by atoms with Crippen LogP contribution in [0.25, 0.3) is 11.1 Å². The first kappa shape index (κ1) is 26.2. The van der Waals surface area contributed by atoms with Gasteiger partial charge in [0.1, 0.15) is 0 Å². The van der Waals surface area contributed by atoms with Crippen molar-refractivity contribution >= 4 is 29.9 Å². The summed E-state index contributed by atoms with van der Waals surface area (Å²) in [7, 11) is 0. The number of ether oxygens (including phenoxy) is 1. The standard InChI is InChI=1S/C27H35N5O.HI/c1-2-29-27(30-14-5-17-33-20-23-8-9-23)31-18-25-6-3-4-7-26(25)24-12-10-22(11-13-24)19-32-16-15-28-21-32;/h3-4,6-7,10-13,15-16,21,23H,2,5,8-9,14,17-20H2,1H3,(H2,29,30,31);1H. The van der Waals surface area contributed by atoms with Gasteiger partial charge in [0.25, 0.3) is 0 Å². The third kappa shape index (κ3) is 8.43. The lowest BCUT2D eigenvalue weighted by Gasteiger charge is -2.13. The highest BCUT2D eigenvalue weighted by molar-refractivity contribution is 14.0. The summed E-state index contributed by atoms with van der Waals surface area (Å²) in [5, 5.41) is 6.78. The van der Waals surface area contributed by atoms with Crippen LogP contribution >= 0.6 is 24.0 Å². The Kier molecular flexibility index (Phi) is 10.9. The molecule has 1 aromatic heterocycles. The highest BCUT2D eigenvalue weighted by Gasteiger charge is 2.20. The number of nitrogens with one attached hydrogen (secondary N) is 2. The van der Waals surface area contributed by atoms with Gasteiger partial charge in [0.2, 0.25) is 0 Å². The van der Waals surface area contributed by atoms with Gasteiger partial charge in [-0.15, -0.1) is 24.0 Å². The van der Waals surface area contributed by atoms with Crippen molar-refractivity contribution in [1.29, 1.82) is 0 Å². The van der Waals surface area contributed by atoms with Crippen LogP contribution in [0.2, 0.25) is 0 Å². The lowest BCUT2D eigenvalue weighted by atomic mass is 9.98. The predicted octanol–water partition coefficient (Wildman–Crippen LogP) is 5.09. The summed E-state index contributed by atoms with van der Waals surface area (Å²) in [6, 6.07) is 17.3. The van der Waals surface area contributed by atoms with E-state index in [1.807, 2.05) is 18.7 Å². The van der Waals surface area contributed by atoms with Crippen molar-refractivity contribution in [3.63, 3.8) is 0 Å². The predicted molar refractivity (Wildman–Crippen MR) is 150 cm³/mol. The number of aromatic nitrogens is 2. The molecule has 1 aliphatic rings. The Hall–Kier alpha value is -2.39. The number of halogens is 1. The van der Waals surface area contributed by atoms with E-state index in [0.29, 0.717) is 6.54 Å². The Morgan fingerprint density at radius 2 is 1.94 bits per heavy atom. The van der Waals surface area contributed by atoms with Crippen LogP contribution < -0.4 is 10.6 Å². The molecular formula is C27H36IN5O. The van der Waals surface area contributed by atoms with Crippen molar-refractivity contribution in [3.05, 3.63) is 78.4 Å². The molecule has 0 bridgehead atoms. The molecule has 0 unspecified atom stereocenters. The Balaban J connectivity index is 0.00000324. The minimum Gasteiger partial charge on any atom is -0.381 e. The summed E-state index contributed by atoms with van der Waals surface area (Å²) < 4.78 is 7.80. The first-order valence-corrected chi connectivity index (χ1v) is 12.0. The summed E-state index contributed by atoms with van der Waals surface area (Å²) in [5.41, 5.74) is 4.90. The fourth-order valence-electron chi connectivity index (χ4n) is 3.74. The Morgan fingerprint density at radius 1 is 1.12 bits per heavy atom. The molecule has 0 saturated heterocycles. The van der Waals surface area contributed by atoms with Crippen LogP contribution in [0.1, 0.15) is 37.3 Å². The van der Waals surface area contributed by atoms with Crippen molar-refractivity contribution in [2.45, 2.75) is 39.3 Å². The molecule has 1 saturated carbocycles. The summed E-state index contributed by atoms with van der Waals surface area (Å²) in [4.78, 5) is 8.95. The molecule has 2 aromatic carbocycles. The van der Waals surface area contributed by atoms with Gasteiger partial charge < -0.3 is 19.9 Å². The van der Waals surface area contributed by atoms with Crippen molar-refractivity contribution in [2.75, 3.05) is 26.3 Å². The molecular weight excluding hydrogens is 537 g/mol. The van der Waals surface area contributed by atoms with E-state index in [9.17, 15) is 0 Å². The first-order chi connectivity index (χ1) is 16.3. The van der Waals surface area contributed by atoms with Crippen molar-refractivity contribution < 1.29 is 4.74 Å². The Morgan fingerprint density at radius 3 is 2.68 bits per heavy atom. The number of guanidine groups is 1. The van der Waals surface area contributed by atoms with Crippen molar-refractivity contribution in [2.24, 2.45) is 10.9 Å².